The van der Waals surface area contributed by atoms with Crippen LogP contribution >= 0.6 is 11.8 Å². The first kappa shape index (κ1) is 16.1. The monoisotopic (exact) mass is 326 g/mol. The van der Waals surface area contributed by atoms with E-state index in [0.29, 0.717) is 17.0 Å². The zero-order chi connectivity index (χ0) is 16.2. The average molecular weight is 326 g/mol. The second kappa shape index (κ2) is 7.18. The molecule has 1 aromatic carbocycles. The second-order valence-corrected chi connectivity index (χ2v) is 7.38. The van der Waals surface area contributed by atoms with Crippen molar-refractivity contribution in [2.24, 2.45) is 4.99 Å². The predicted octanol–water partition coefficient (Wildman–Crippen LogP) is 5.14. The molecule has 0 N–H and O–H groups in total. The molecule has 3 nitrogen and oxygen atoms in total. The number of hydrogen-bond acceptors (Lipinski definition) is 4. The van der Waals surface area contributed by atoms with Gasteiger partial charge in [-0.1, -0.05) is 48.5 Å². The van der Waals surface area contributed by atoms with E-state index < -0.39 is 0 Å². The molecule has 23 heavy (non-hydrogen) atoms. The van der Waals surface area contributed by atoms with Gasteiger partial charge in [-0.25, -0.2) is 0 Å². The zero-order valence-electron chi connectivity index (χ0n) is 13.8. The molecule has 0 bridgehead atoms. The Kier molecular flexibility index (Phi) is 5.01. The molecule has 0 saturated heterocycles. The van der Waals surface area contributed by atoms with Crippen LogP contribution in [0.3, 0.4) is 0 Å². The smallest absolute Gasteiger partial charge is 0.158 e. The highest BCUT2D eigenvalue weighted by molar-refractivity contribution is 8.01. The van der Waals surface area contributed by atoms with Crippen LogP contribution in [0.2, 0.25) is 0 Å². The molecule has 0 spiro atoms. The van der Waals surface area contributed by atoms with E-state index in [9.17, 15) is 0 Å². The van der Waals surface area contributed by atoms with Gasteiger partial charge in [0.1, 0.15) is 12.2 Å². The van der Waals surface area contributed by atoms with Crippen molar-refractivity contribution in [2.75, 3.05) is 0 Å². The molecule has 2 aromatic rings. The van der Waals surface area contributed by atoms with Gasteiger partial charge in [0.25, 0.3) is 0 Å². The number of aromatic nitrogens is 1. The van der Waals surface area contributed by atoms with Crippen molar-refractivity contribution in [1.29, 1.82) is 0 Å². The summed E-state index contributed by atoms with van der Waals surface area (Å²) in [5, 5.41) is 5.29. The van der Waals surface area contributed by atoms with Gasteiger partial charge in [0.2, 0.25) is 0 Å². The van der Waals surface area contributed by atoms with E-state index in [1.165, 1.54) is 12.0 Å². The highest BCUT2D eigenvalue weighted by Crippen LogP contribution is 2.35. The molecular formula is C19H22N2OS. The fourth-order valence-electron chi connectivity index (χ4n) is 2.76. The maximum atomic E-state index is 5.42. The summed E-state index contributed by atoms with van der Waals surface area (Å²) in [4.78, 5) is 4.70. The van der Waals surface area contributed by atoms with Crippen LogP contribution in [0.15, 0.2) is 57.6 Å². The Bertz CT molecular complexity index is 718. The van der Waals surface area contributed by atoms with E-state index in [1.807, 2.05) is 48.2 Å². The first-order valence-electron chi connectivity index (χ1n) is 8.07. The van der Waals surface area contributed by atoms with Crippen LogP contribution in [0, 0.1) is 0 Å². The molecule has 0 aliphatic carbocycles. The van der Waals surface area contributed by atoms with Gasteiger partial charge in [0, 0.05) is 27.8 Å². The van der Waals surface area contributed by atoms with E-state index in [-0.39, 0.29) is 0 Å². The summed E-state index contributed by atoms with van der Waals surface area (Å²) in [5.74, 6) is 0.800. The maximum absolute atomic E-state index is 5.42. The Morgan fingerprint density at radius 1 is 1.30 bits per heavy atom. The summed E-state index contributed by atoms with van der Waals surface area (Å²) >= 11 is 2.02. The summed E-state index contributed by atoms with van der Waals surface area (Å²) in [7, 11) is 0. The zero-order valence-corrected chi connectivity index (χ0v) is 14.6. The van der Waals surface area contributed by atoms with Crippen LogP contribution in [-0.2, 0) is 6.54 Å². The Hall–Kier alpha value is -1.81. The van der Waals surface area contributed by atoms with Crippen molar-refractivity contribution in [3.63, 3.8) is 0 Å². The Morgan fingerprint density at radius 2 is 2.09 bits per heavy atom. The number of nitrogens with zero attached hydrogens (tertiary/aromatic N) is 2. The quantitative estimate of drug-likeness (QED) is 0.714. The predicted molar refractivity (Wildman–Crippen MR) is 98.0 cm³/mol. The van der Waals surface area contributed by atoms with Gasteiger partial charge in [-0.3, -0.25) is 4.99 Å². The number of benzene rings is 1. The minimum atomic E-state index is 0.526. The molecule has 2 unspecified atom stereocenters. The SMILES string of the molecule is CCC1C=C(C(C)=NCc2cc(-c3ccccc3)no2)C(C)S1. The summed E-state index contributed by atoms with van der Waals surface area (Å²) in [5.41, 5.74) is 4.41. The van der Waals surface area contributed by atoms with Crippen molar-refractivity contribution in [2.45, 2.75) is 44.2 Å². The van der Waals surface area contributed by atoms with Gasteiger partial charge in [0.15, 0.2) is 5.76 Å². The second-order valence-electron chi connectivity index (χ2n) is 5.79. The highest BCUT2D eigenvalue weighted by atomic mass is 32.2. The van der Waals surface area contributed by atoms with Crippen LogP contribution in [0.1, 0.15) is 33.0 Å². The lowest BCUT2D eigenvalue weighted by atomic mass is 10.1. The fourth-order valence-corrected chi connectivity index (χ4v) is 4.10. The van der Waals surface area contributed by atoms with Crippen molar-refractivity contribution in [3.05, 3.63) is 53.8 Å². The van der Waals surface area contributed by atoms with Gasteiger partial charge in [0.05, 0.1) is 0 Å². The minimum absolute atomic E-state index is 0.526. The first-order valence-corrected chi connectivity index (χ1v) is 9.01. The normalized spacial score (nSPS) is 21.5. The largest absolute Gasteiger partial charge is 0.359 e. The summed E-state index contributed by atoms with van der Waals surface area (Å²) in [6.45, 7) is 7.12. The maximum Gasteiger partial charge on any atom is 0.158 e. The Labute approximate surface area is 141 Å². The van der Waals surface area contributed by atoms with E-state index in [2.05, 4.69) is 32.0 Å². The van der Waals surface area contributed by atoms with Gasteiger partial charge in [-0.2, -0.15) is 0 Å². The van der Waals surface area contributed by atoms with Gasteiger partial charge < -0.3 is 4.52 Å². The lowest BCUT2D eigenvalue weighted by molar-refractivity contribution is 0.387. The minimum Gasteiger partial charge on any atom is -0.359 e. The molecule has 2 heterocycles. The third kappa shape index (κ3) is 3.75. The van der Waals surface area contributed by atoms with Crippen LogP contribution < -0.4 is 0 Å². The Morgan fingerprint density at radius 3 is 2.78 bits per heavy atom. The van der Waals surface area contributed by atoms with Crippen LogP contribution in [0.25, 0.3) is 11.3 Å². The molecule has 1 aliphatic rings. The molecule has 4 heteroatoms. The lowest BCUT2D eigenvalue weighted by Gasteiger charge is -2.08. The molecule has 0 fully saturated rings. The summed E-state index contributed by atoms with van der Waals surface area (Å²) < 4.78 is 5.42. The molecule has 1 aromatic heterocycles. The van der Waals surface area contributed by atoms with Crippen LogP contribution in [-0.4, -0.2) is 21.4 Å². The van der Waals surface area contributed by atoms with Crippen LogP contribution in [0.4, 0.5) is 0 Å². The Balaban J connectivity index is 1.70. The average Bonchev–Trinajstić information content (AvgIpc) is 3.20. The van der Waals surface area contributed by atoms with Crippen LogP contribution in [0.5, 0.6) is 0 Å². The molecule has 2 atom stereocenters. The summed E-state index contributed by atoms with van der Waals surface area (Å²) in [6.07, 6.45) is 3.54. The van der Waals surface area contributed by atoms with E-state index in [0.717, 1.165) is 22.7 Å². The third-order valence-corrected chi connectivity index (χ3v) is 5.58. The topological polar surface area (TPSA) is 38.4 Å². The number of aliphatic imine (C=N–C) groups is 1. The third-order valence-electron chi connectivity index (χ3n) is 4.10. The molecule has 0 amide bonds. The van der Waals surface area contributed by atoms with E-state index in [4.69, 9.17) is 9.52 Å². The van der Waals surface area contributed by atoms with Crippen molar-refractivity contribution in [1.82, 2.24) is 5.16 Å². The first-order chi connectivity index (χ1) is 11.2. The van der Waals surface area contributed by atoms with E-state index in [1.54, 1.807) is 0 Å². The van der Waals surface area contributed by atoms with Gasteiger partial charge >= 0.3 is 0 Å². The number of hydrogen-bond donors (Lipinski definition) is 0. The van der Waals surface area contributed by atoms with Crippen molar-refractivity contribution < 1.29 is 4.52 Å². The molecule has 0 radical (unpaired) electrons. The van der Waals surface area contributed by atoms with Crippen molar-refractivity contribution in [3.8, 4) is 11.3 Å². The molecule has 120 valence electrons. The number of rotatable bonds is 5. The van der Waals surface area contributed by atoms with Gasteiger partial charge in [-0.05, 0) is 25.8 Å². The van der Waals surface area contributed by atoms with E-state index >= 15 is 0 Å². The standard InChI is InChI=1S/C19H22N2OS/c1-4-17-11-18(14(3)23-17)13(2)20-12-16-10-19(21-22-16)15-8-6-5-7-9-15/h5-11,14,17H,4,12H2,1-3H3. The lowest BCUT2D eigenvalue weighted by Crippen LogP contribution is -2.06. The van der Waals surface area contributed by atoms with Gasteiger partial charge in [-0.15, -0.1) is 11.8 Å². The number of thioether (sulfide) groups is 1. The summed E-state index contributed by atoms with van der Waals surface area (Å²) in [6, 6.07) is 12.0. The highest BCUT2D eigenvalue weighted by Gasteiger charge is 2.23. The molecular weight excluding hydrogens is 304 g/mol. The molecule has 0 saturated carbocycles. The van der Waals surface area contributed by atoms with Crippen molar-refractivity contribution >= 4 is 17.5 Å². The fraction of sp³-hybridized carbons (Fsp3) is 0.368. The molecule has 3 rings (SSSR count). The molecule has 1 aliphatic heterocycles.